The third-order valence-corrected chi connectivity index (χ3v) is 7.77. The van der Waals surface area contributed by atoms with Crippen molar-refractivity contribution in [2.75, 3.05) is 0 Å². The Kier molecular flexibility index (Phi) is 5.75. The highest BCUT2D eigenvalue weighted by molar-refractivity contribution is 6.02. The van der Waals surface area contributed by atoms with E-state index >= 15 is 0 Å². The van der Waals surface area contributed by atoms with Crippen LogP contribution in [0.5, 0.6) is 0 Å². The fourth-order valence-electron chi connectivity index (χ4n) is 6.41. The van der Waals surface area contributed by atoms with Crippen LogP contribution in [0.2, 0.25) is 0 Å². The van der Waals surface area contributed by atoms with Crippen molar-refractivity contribution in [2.24, 2.45) is 0 Å². The Morgan fingerprint density at radius 3 is 2.50 bits per heavy atom. The first kappa shape index (κ1) is 21.2. The Morgan fingerprint density at radius 2 is 1.75 bits per heavy atom. The third kappa shape index (κ3) is 3.62. The van der Waals surface area contributed by atoms with E-state index in [1.165, 1.54) is 18.6 Å². The van der Waals surface area contributed by atoms with Crippen molar-refractivity contribution in [3.63, 3.8) is 0 Å². The molecule has 0 bridgehead atoms. The number of benzene rings is 2. The van der Waals surface area contributed by atoms with Gasteiger partial charge in [0.1, 0.15) is 5.82 Å². The molecular weight excluding hydrogens is 403 g/mol. The van der Waals surface area contributed by atoms with Gasteiger partial charge in [-0.1, -0.05) is 62.4 Å². The zero-order chi connectivity index (χ0) is 22.1. The highest BCUT2D eigenvalue weighted by atomic mass is 19.1. The van der Waals surface area contributed by atoms with Crippen LogP contribution in [0, 0.1) is 5.82 Å². The van der Waals surface area contributed by atoms with E-state index in [1.54, 1.807) is 6.07 Å². The first-order valence-electron chi connectivity index (χ1n) is 12.0. The lowest BCUT2D eigenvalue weighted by Crippen LogP contribution is -2.63. The van der Waals surface area contributed by atoms with E-state index in [9.17, 15) is 14.0 Å². The molecule has 2 aromatic rings. The number of amides is 2. The summed E-state index contributed by atoms with van der Waals surface area (Å²) in [5.74, 6) is -0.656. The van der Waals surface area contributed by atoms with Crippen LogP contribution >= 0.6 is 0 Å². The molecule has 1 heterocycles. The van der Waals surface area contributed by atoms with E-state index < -0.39 is 11.5 Å². The summed E-state index contributed by atoms with van der Waals surface area (Å²) in [6.45, 7) is 0.280. The van der Waals surface area contributed by atoms with Crippen LogP contribution in [0.3, 0.4) is 0 Å². The van der Waals surface area contributed by atoms with Crippen molar-refractivity contribution < 1.29 is 14.0 Å². The van der Waals surface area contributed by atoms with Gasteiger partial charge in [-0.3, -0.25) is 9.59 Å². The third-order valence-electron chi connectivity index (χ3n) is 7.77. The minimum absolute atomic E-state index is 0.0584. The number of carbonyl (C=O) groups is 2. The van der Waals surface area contributed by atoms with Gasteiger partial charge >= 0.3 is 0 Å². The molecule has 168 valence electrons. The molecule has 2 aromatic carbocycles. The van der Waals surface area contributed by atoms with Gasteiger partial charge in [-0.15, -0.1) is 0 Å². The molecule has 4 nitrogen and oxygen atoms in total. The molecule has 5 rings (SSSR count). The molecule has 0 radical (unpaired) electrons. The van der Waals surface area contributed by atoms with Crippen molar-refractivity contribution in [3.05, 3.63) is 71.0 Å². The molecule has 3 aliphatic rings. The molecular formula is C27H31FN2O2. The highest BCUT2D eigenvalue weighted by Gasteiger charge is 2.57. The van der Waals surface area contributed by atoms with Gasteiger partial charge in [-0.05, 0) is 55.0 Å². The molecule has 32 heavy (non-hydrogen) atoms. The molecule has 5 heteroatoms. The lowest BCUT2D eigenvalue weighted by molar-refractivity contribution is -0.127. The molecule has 1 N–H and O–H groups in total. The largest absolute Gasteiger partial charge is 0.351 e. The maximum atomic E-state index is 13.8. The van der Waals surface area contributed by atoms with Crippen molar-refractivity contribution >= 4 is 11.8 Å². The molecule has 0 aromatic heterocycles. The predicted molar refractivity (Wildman–Crippen MR) is 122 cm³/mol. The van der Waals surface area contributed by atoms with Crippen LogP contribution in [-0.2, 0) is 11.3 Å². The topological polar surface area (TPSA) is 49.4 Å². The summed E-state index contributed by atoms with van der Waals surface area (Å²) in [7, 11) is 0. The Balaban J connectivity index is 1.53. The molecule has 2 saturated carbocycles. The molecule has 0 unspecified atom stereocenters. The van der Waals surface area contributed by atoms with E-state index in [0.717, 1.165) is 62.5 Å². The molecule has 2 amide bonds. The average Bonchev–Trinajstić information content (AvgIpc) is 3.28. The van der Waals surface area contributed by atoms with Crippen molar-refractivity contribution in [2.45, 2.75) is 81.8 Å². The summed E-state index contributed by atoms with van der Waals surface area (Å²) in [6.07, 6.45) is 9.34. The van der Waals surface area contributed by atoms with E-state index in [1.807, 2.05) is 30.3 Å². The lowest BCUT2D eigenvalue weighted by atomic mass is 9.69. The summed E-state index contributed by atoms with van der Waals surface area (Å²) >= 11 is 0. The number of nitrogens with zero attached hydrogens (tertiary/aromatic N) is 1. The molecule has 2 aliphatic carbocycles. The van der Waals surface area contributed by atoms with Crippen molar-refractivity contribution in [3.8, 4) is 0 Å². The van der Waals surface area contributed by atoms with Crippen LogP contribution in [0.4, 0.5) is 4.39 Å². The van der Waals surface area contributed by atoms with E-state index in [-0.39, 0.29) is 30.2 Å². The van der Waals surface area contributed by atoms with Gasteiger partial charge in [0.2, 0.25) is 5.91 Å². The first-order chi connectivity index (χ1) is 15.6. The second-order valence-electron chi connectivity index (χ2n) is 9.65. The van der Waals surface area contributed by atoms with Gasteiger partial charge in [0, 0.05) is 18.2 Å². The molecule has 1 atom stereocenters. The SMILES string of the molecule is O=C(NCc1cccc(F)c1)[C@H]1c2ccccc2C(=O)N(C2CCCCC2)C12CCCC2. The Hall–Kier alpha value is -2.69. The van der Waals surface area contributed by atoms with Crippen molar-refractivity contribution in [1.82, 2.24) is 10.2 Å². The number of hydrogen-bond donors (Lipinski definition) is 1. The minimum Gasteiger partial charge on any atom is -0.351 e. The standard InChI is InChI=1S/C27H31FN2O2/c28-20-10-8-9-19(17-20)18-29-25(31)24-22-13-4-5-14-23(22)26(32)30(21-11-2-1-3-12-21)27(24)15-6-7-16-27/h4-5,8-10,13-14,17,21,24H,1-3,6-7,11-12,15-16,18H2,(H,29,31)/t24-/m1/s1. The summed E-state index contributed by atoms with van der Waals surface area (Å²) in [5, 5.41) is 3.08. The van der Waals surface area contributed by atoms with Gasteiger partial charge in [0.25, 0.3) is 5.91 Å². The van der Waals surface area contributed by atoms with Crippen LogP contribution in [0.15, 0.2) is 48.5 Å². The number of hydrogen-bond acceptors (Lipinski definition) is 2. The van der Waals surface area contributed by atoms with Gasteiger partial charge in [-0.25, -0.2) is 4.39 Å². The quantitative estimate of drug-likeness (QED) is 0.707. The number of fused-ring (bicyclic) bond motifs is 1. The number of rotatable bonds is 4. The molecule has 1 aliphatic heterocycles. The van der Waals surface area contributed by atoms with Crippen molar-refractivity contribution in [1.29, 1.82) is 0 Å². The zero-order valence-corrected chi connectivity index (χ0v) is 18.5. The van der Waals surface area contributed by atoms with Gasteiger partial charge in [-0.2, -0.15) is 0 Å². The van der Waals surface area contributed by atoms with Gasteiger partial charge in [0.15, 0.2) is 0 Å². The van der Waals surface area contributed by atoms with E-state index in [4.69, 9.17) is 0 Å². The summed E-state index contributed by atoms with van der Waals surface area (Å²) < 4.78 is 13.6. The smallest absolute Gasteiger partial charge is 0.254 e. The number of halogens is 1. The zero-order valence-electron chi connectivity index (χ0n) is 18.5. The van der Waals surface area contributed by atoms with Crippen LogP contribution < -0.4 is 5.32 Å². The van der Waals surface area contributed by atoms with Crippen LogP contribution in [0.25, 0.3) is 0 Å². The maximum absolute atomic E-state index is 13.8. The van der Waals surface area contributed by atoms with Crippen LogP contribution in [0.1, 0.15) is 85.2 Å². The van der Waals surface area contributed by atoms with E-state index in [2.05, 4.69) is 10.2 Å². The second kappa shape index (κ2) is 8.68. The Morgan fingerprint density at radius 1 is 1.00 bits per heavy atom. The number of nitrogens with one attached hydrogen (secondary N) is 1. The molecule has 2 fully saturated rings. The Labute approximate surface area is 189 Å². The molecule has 0 saturated heterocycles. The van der Waals surface area contributed by atoms with E-state index in [0.29, 0.717) is 5.56 Å². The highest BCUT2D eigenvalue weighted by Crippen LogP contribution is 2.52. The van der Waals surface area contributed by atoms with Gasteiger partial charge < -0.3 is 10.2 Å². The monoisotopic (exact) mass is 434 g/mol. The summed E-state index contributed by atoms with van der Waals surface area (Å²) in [5.41, 5.74) is 1.80. The number of carbonyl (C=O) groups excluding carboxylic acids is 2. The Bertz CT molecular complexity index is 1010. The first-order valence-corrected chi connectivity index (χ1v) is 12.0. The van der Waals surface area contributed by atoms with Crippen LogP contribution in [-0.4, -0.2) is 28.3 Å². The maximum Gasteiger partial charge on any atom is 0.254 e. The summed E-state index contributed by atoms with van der Waals surface area (Å²) in [4.78, 5) is 29.7. The molecule has 1 spiro atoms. The average molecular weight is 435 g/mol. The lowest BCUT2D eigenvalue weighted by Gasteiger charge is -2.54. The predicted octanol–water partition coefficient (Wildman–Crippen LogP) is 5.33. The fourth-order valence-corrected chi connectivity index (χ4v) is 6.41. The van der Waals surface area contributed by atoms with Gasteiger partial charge in [0.05, 0.1) is 11.5 Å². The fraction of sp³-hybridized carbons (Fsp3) is 0.481. The normalized spacial score (nSPS) is 22.7. The summed E-state index contributed by atoms with van der Waals surface area (Å²) in [6, 6.07) is 14.2. The second-order valence-corrected chi connectivity index (χ2v) is 9.65. The minimum atomic E-state index is -0.459.